The summed E-state index contributed by atoms with van der Waals surface area (Å²) < 4.78 is 5.80. The van der Waals surface area contributed by atoms with Gasteiger partial charge in [-0.2, -0.15) is 0 Å². The number of amides is 1. The van der Waals surface area contributed by atoms with Gasteiger partial charge >= 0.3 is 0 Å². The highest BCUT2D eigenvalue weighted by Crippen LogP contribution is 2.20. The summed E-state index contributed by atoms with van der Waals surface area (Å²) in [5, 5.41) is 3.72. The molecule has 0 saturated heterocycles. The van der Waals surface area contributed by atoms with E-state index in [0.29, 0.717) is 18.9 Å². The van der Waals surface area contributed by atoms with E-state index in [2.05, 4.69) is 51.2 Å². The third-order valence-electron chi connectivity index (χ3n) is 5.70. The lowest BCUT2D eigenvalue weighted by Gasteiger charge is -2.10. The highest BCUT2D eigenvalue weighted by molar-refractivity contribution is 7.99. The van der Waals surface area contributed by atoms with Crippen LogP contribution in [-0.4, -0.2) is 44.7 Å². The lowest BCUT2D eigenvalue weighted by atomic mass is 10.1. The van der Waals surface area contributed by atoms with Gasteiger partial charge in [-0.05, 0) is 69.5 Å². The molecule has 0 radical (unpaired) electrons. The number of hydrogen-bond acceptors (Lipinski definition) is 5. The monoisotopic (exact) mass is 515 g/mol. The molecular formula is C29H33N5O2S. The van der Waals surface area contributed by atoms with Crippen LogP contribution in [0.3, 0.4) is 0 Å². The first-order valence-electron chi connectivity index (χ1n) is 12.4. The van der Waals surface area contributed by atoms with E-state index in [9.17, 15) is 4.79 Å². The largest absolute Gasteiger partial charge is 0.493 e. The lowest BCUT2D eigenvalue weighted by Crippen LogP contribution is -2.26. The first kappa shape index (κ1) is 26.3. The van der Waals surface area contributed by atoms with E-state index in [1.807, 2.05) is 61.5 Å². The Kier molecular flexibility index (Phi) is 9.21. The highest BCUT2D eigenvalue weighted by atomic mass is 32.2. The molecule has 8 heteroatoms. The molecule has 3 N–H and O–H groups in total. The number of unbranched alkanes of at least 4 members (excludes halogenated alkanes) is 1. The van der Waals surface area contributed by atoms with Crippen LogP contribution in [-0.2, 0) is 4.79 Å². The quantitative estimate of drug-likeness (QED) is 0.162. The van der Waals surface area contributed by atoms with E-state index in [1.54, 1.807) is 0 Å². The number of carbonyl (C=O) groups is 1. The fourth-order valence-corrected chi connectivity index (χ4v) is 4.58. The van der Waals surface area contributed by atoms with Gasteiger partial charge in [-0.15, -0.1) is 0 Å². The van der Waals surface area contributed by atoms with Gasteiger partial charge in [-0.3, -0.25) is 4.79 Å². The number of aryl methyl sites for hydroxylation is 3. The summed E-state index contributed by atoms with van der Waals surface area (Å²) in [6.07, 6.45) is 1.80. The molecule has 2 aromatic heterocycles. The average Bonchev–Trinajstić information content (AvgIpc) is 3.48. The van der Waals surface area contributed by atoms with E-state index < -0.39 is 0 Å². The van der Waals surface area contributed by atoms with Gasteiger partial charge < -0.3 is 20.0 Å². The van der Waals surface area contributed by atoms with Crippen LogP contribution in [0.25, 0.3) is 22.1 Å². The molecule has 0 aliphatic heterocycles. The summed E-state index contributed by atoms with van der Waals surface area (Å²) in [7, 11) is 0. The van der Waals surface area contributed by atoms with Gasteiger partial charge in [0.15, 0.2) is 5.16 Å². The number of rotatable bonds is 9. The van der Waals surface area contributed by atoms with Crippen LogP contribution in [0.4, 0.5) is 0 Å². The maximum Gasteiger partial charge on any atom is 0.230 e. The molecule has 1 amide bonds. The molecule has 5 aromatic rings. The van der Waals surface area contributed by atoms with Crippen LogP contribution in [0, 0.1) is 20.8 Å². The molecule has 0 bridgehead atoms. The molecule has 0 aliphatic carbocycles. The van der Waals surface area contributed by atoms with Crippen molar-refractivity contribution in [2.75, 3.05) is 18.9 Å². The minimum absolute atomic E-state index is 0.0238. The summed E-state index contributed by atoms with van der Waals surface area (Å²) in [5.74, 6) is 2.29. The van der Waals surface area contributed by atoms with Crippen molar-refractivity contribution in [3.63, 3.8) is 0 Å². The number of aromatic nitrogens is 4. The Hall–Kier alpha value is -3.78. The molecule has 0 saturated carbocycles. The molecule has 5 rings (SSSR count). The molecule has 3 aromatic carbocycles. The fraction of sp³-hybridized carbons (Fsp3) is 0.276. The number of thioether (sulfide) groups is 1. The summed E-state index contributed by atoms with van der Waals surface area (Å²) >= 11 is 1.42. The van der Waals surface area contributed by atoms with Crippen molar-refractivity contribution in [3.8, 4) is 5.75 Å². The second-order valence-electron chi connectivity index (χ2n) is 8.86. The Morgan fingerprint density at radius 1 is 0.892 bits per heavy atom. The topological polar surface area (TPSA) is 95.7 Å². The van der Waals surface area contributed by atoms with Crippen molar-refractivity contribution in [3.05, 3.63) is 83.7 Å². The number of nitrogens with one attached hydrogen (secondary N) is 3. The molecule has 0 fully saturated rings. The maximum absolute atomic E-state index is 12.0. The van der Waals surface area contributed by atoms with E-state index in [1.165, 1.54) is 17.3 Å². The normalized spacial score (nSPS) is 10.8. The van der Waals surface area contributed by atoms with Gasteiger partial charge in [-0.25, -0.2) is 9.97 Å². The third kappa shape index (κ3) is 7.85. The van der Waals surface area contributed by atoms with E-state index >= 15 is 0 Å². The van der Waals surface area contributed by atoms with Crippen LogP contribution in [0.15, 0.2) is 71.9 Å². The van der Waals surface area contributed by atoms with Crippen LogP contribution in [0.2, 0.25) is 0 Å². The maximum atomic E-state index is 12.0. The van der Waals surface area contributed by atoms with Gasteiger partial charge in [0, 0.05) is 6.54 Å². The molecule has 7 nitrogen and oxygen atoms in total. The molecule has 0 atom stereocenters. The number of H-pyrrole nitrogens is 2. The Balaban J connectivity index is 0.000000265. The summed E-state index contributed by atoms with van der Waals surface area (Å²) in [6, 6.07) is 22.1. The molecular weight excluding hydrogens is 482 g/mol. The lowest BCUT2D eigenvalue weighted by molar-refractivity contribution is -0.118. The van der Waals surface area contributed by atoms with Gasteiger partial charge in [0.05, 0.1) is 34.4 Å². The van der Waals surface area contributed by atoms with Crippen LogP contribution >= 0.6 is 11.8 Å². The minimum atomic E-state index is 0.0238. The number of ether oxygens (including phenoxy) is 1. The second-order valence-corrected chi connectivity index (χ2v) is 9.83. The van der Waals surface area contributed by atoms with E-state index in [-0.39, 0.29) is 5.91 Å². The van der Waals surface area contributed by atoms with Crippen molar-refractivity contribution in [1.29, 1.82) is 0 Å². The molecule has 0 unspecified atom stereocenters. The summed E-state index contributed by atoms with van der Waals surface area (Å²) in [5.41, 5.74) is 6.46. The van der Waals surface area contributed by atoms with Crippen LogP contribution < -0.4 is 10.1 Å². The predicted octanol–water partition coefficient (Wildman–Crippen LogP) is 6.12. The van der Waals surface area contributed by atoms with Crippen molar-refractivity contribution < 1.29 is 9.53 Å². The predicted molar refractivity (Wildman–Crippen MR) is 151 cm³/mol. The Labute approximate surface area is 221 Å². The van der Waals surface area contributed by atoms with Gasteiger partial charge in [0.1, 0.15) is 11.6 Å². The van der Waals surface area contributed by atoms with Gasteiger partial charge in [0.25, 0.3) is 0 Å². The Morgan fingerprint density at radius 2 is 1.59 bits per heavy atom. The van der Waals surface area contributed by atoms with E-state index in [0.717, 1.165) is 57.2 Å². The highest BCUT2D eigenvalue weighted by Gasteiger charge is 2.06. The standard InChI is InChI=1S/C21H25N3O2S.C8H8N2/c1-15-9-10-19(16(2)13-15)26-12-6-5-11-22-20(25)14-27-21-23-17-7-3-4-8-18(17)24-21;1-6-9-7-4-2-3-5-8(7)10-6/h3-4,7-10,13H,5-6,11-12,14H2,1-2H3,(H,22,25)(H,23,24);2-5H,1H3,(H,9,10). The van der Waals surface area contributed by atoms with Crippen molar-refractivity contribution >= 4 is 39.7 Å². The number of carbonyl (C=O) groups excluding carboxylic acids is 1. The number of para-hydroxylation sites is 4. The number of imidazole rings is 2. The Morgan fingerprint density at radius 3 is 2.30 bits per heavy atom. The SMILES string of the molecule is Cc1ccc(OCCCCNC(=O)CSc2nc3ccccc3[nH]2)c(C)c1.Cc1nc2ccccc2[nH]1. The average molecular weight is 516 g/mol. The van der Waals surface area contributed by atoms with Crippen molar-refractivity contribution in [2.45, 2.75) is 38.8 Å². The number of fused-ring (bicyclic) bond motifs is 2. The second kappa shape index (κ2) is 13.0. The fourth-order valence-electron chi connectivity index (χ4n) is 3.86. The molecule has 37 heavy (non-hydrogen) atoms. The first-order valence-corrected chi connectivity index (χ1v) is 13.4. The summed E-state index contributed by atoms with van der Waals surface area (Å²) in [6.45, 7) is 7.41. The number of benzene rings is 3. The third-order valence-corrected chi connectivity index (χ3v) is 6.57. The minimum Gasteiger partial charge on any atom is -0.493 e. The van der Waals surface area contributed by atoms with Crippen LogP contribution in [0.5, 0.6) is 5.75 Å². The van der Waals surface area contributed by atoms with Gasteiger partial charge in [0.2, 0.25) is 5.91 Å². The first-order chi connectivity index (χ1) is 18.0. The zero-order chi connectivity index (χ0) is 26.0. The molecule has 0 spiro atoms. The van der Waals surface area contributed by atoms with Crippen LogP contribution in [0.1, 0.15) is 29.8 Å². The zero-order valence-electron chi connectivity index (χ0n) is 21.5. The van der Waals surface area contributed by atoms with E-state index in [4.69, 9.17) is 4.74 Å². The molecule has 0 aliphatic rings. The Bertz CT molecular complexity index is 1390. The number of nitrogens with zero attached hydrogens (tertiary/aromatic N) is 2. The van der Waals surface area contributed by atoms with Crippen molar-refractivity contribution in [2.24, 2.45) is 0 Å². The number of hydrogen-bond donors (Lipinski definition) is 3. The zero-order valence-corrected chi connectivity index (χ0v) is 22.3. The summed E-state index contributed by atoms with van der Waals surface area (Å²) in [4.78, 5) is 27.0. The van der Waals surface area contributed by atoms with Gasteiger partial charge in [-0.1, -0.05) is 53.7 Å². The number of aromatic amines is 2. The molecule has 2 heterocycles. The van der Waals surface area contributed by atoms with Crippen molar-refractivity contribution in [1.82, 2.24) is 25.3 Å². The molecule has 192 valence electrons. The smallest absolute Gasteiger partial charge is 0.230 e.